The zero-order chi connectivity index (χ0) is 14.6. The Bertz CT molecular complexity index is 482. The van der Waals surface area contributed by atoms with E-state index in [1.54, 1.807) is 0 Å². The number of rotatable bonds is 5. The molecule has 104 valence electrons. The Morgan fingerprint density at radius 2 is 2.21 bits per heavy atom. The van der Waals surface area contributed by atoms with E-state index in [1.807, 2.05) is 20.8 Å². The molecule has 0 aromatic carbocycles. The molecule has 0 aliphatic heterocycles. The first-order chi connectivity index (χ1) is 8.71. The number of hydrogen-bond acceptors (Lipinski definition) is 5. The molecule has 7 heteroatoms. The van der Waals surface area contributed by atoms with Crippen LogP contribution in [-0.4, -0.2) is 27.0 Å². The predicted molar refractivity (Wildman–Crippen MR) is 70.0 cm³/mol. The third kappa shape index (κ3) is 4.20. The van der Waals surface area contributed by atoms with Crippen molar-refractivity contribution in [3.63, 3.8) is 0 Å². The highest BCUT2D eigenvalue weighted by molar-refractivity contribution is 5.69. The fraction of sp³-hybridized carbons (Fsp3) is 0.500. The van der Waals surface area contributed by atoms with Crippen molar-refractivity contribution in [3.05, 3.63) is 28.6 Å². The van der Waals surface area contributed by atoms with Gasteiger partial charge in [-0.2, -0.15) is 0 Å². The summed E-state index contributed by atoms with van der Waals surface area (Å²) in [7, 11) is 0. The Morgan fingerprint density at radius 3 is 2.68 bits per heavy atom. The summed E-state index contributed by atoms with van der Waals surface area (Å²) in [5, 5.41) is 22.7. The number of aromatic nitrogens is 1. The monoisotopic (exact) mass is 267 g/mol. The zero-order valence-corrected chi connectivity index (χ0v) is 11.1. The number of nitrogens with one attached hydrogen (secondary N) is 1. The highest BCUT2D eigenvalue weighted by atomic mass is 16.6. The summed E-state index contributed by atoms with van der Waals surface area (Å²) in [6.45, 7) is 5.63. The molecule has 2 N–H and O–H groups in total. The lowest BCUT2D eigenvalue weighted by atomic mass is 9.84. The van der Waals surface area contributed by atoms with Crippen LogP contribution in [0.5, 0.6) is 0 Å². The Hall–Kier alpha value is -2.18. The van der Waals surface area contributed by atoms with Crippen molar-refractivity contribution in [1.29, 1.82) is 0 Å². The van der Waals surface area contributed by atoms with E-state index < -0.39 is 16.9 Å². The van der Waals surface area contributed by atoms with Gasteiger partial charge >= 0.3 is 11.7 Å². The minimum absolute atomic E-state index is 0.122. The van der Waals surface area contributed by atoms with Gasteiger partial charge in [0, 0.05) is 12.2 Å². The van der Waals surface area contributed by atoms with Crippen molar-refractivity contribution in [2.75, 3.05) is 5.32 Å². The topological polar surface area (TPSA) is 105 Å². The number of carboxylic acids is 1. The summed E-state index contributed by atoms with van der Waals surface area (Å²) in [5.74, 6) is -0.955. The van der Waals surface area contributed by atoms with Crippen LogP contribution in [0.1, 0.15) is 27.2 Å². The average molecular weight is 267 g/mol. The van der Waals surface area contributed by atoms with Crippen LogP contribution in [0.15, 0.2) is 18.5 Å². The van der Waals surface area contributed by atoms with Crippen LogP contribution < -0.4 is 5.32 Å². The fourth-order valence-corrected chi connectivity index (χ4v) is 1.59. The summed E-state index contributed by atoms with van der Waals surface area (Å²) in [6.07, 6.45) is 2.45. The standard InChI is InChI=1S/C12H17N3O4/c1-12(2,3)10(6-11(16)17)14-8-4-5-13-7-9(8)15(18)19/h4-5,7,10H,6H2,1-3H3,(H,13,14)(H,16,17). The second-order valence-electron chi connectivity index (χ2n) is 5.31. The molecule has 1 unspecified atom stereocenters. The van der Waals surface area contributed by atoms with E-state index in [9.17, 15) is 14.9 Å². The SMILES string of the molecule is CC(C)(C)C(CC(=O)O)Nc1ccncc1[N+](=O)[O-]. The summed E-state index contributed by atoms with van der Waals surface area (Å²) in [4.78, 5) is 24.9. The molecule has 0 aliphatic rings. The zero-order valence-electron chi connectivity index (χ0n) is 11.1. The second kappa shape index (κ2) is 5.64. The van der Waals surface area contributed by atoms with Gasteiger partial charge in [0.15, 0.2) is 0 Å². The molecule has 7 nitrogen and oxygen atoms in total. The van der Waals surface area contributed by atoms with Gasteiger partial charge in [0.1, 0.15) is 11.9 Å². The molecular weight excluding hydrogens is 250 g/mol. The first-order valence-electron chi connectivity index (χ1n) is 5.78. The van der Waals surface area contributed by atoms with Crippen molar-refractivity contribution in [2.24, 2.45) is 5.41 Å². The van der Waals surface area contributed by atoms with E-state index >= 15 is 0 Å². The lowest BCUT2D eigenvalue weighted by molar-refractivity contribution is -0.384. The lowest BCUT2D eigenvalue weighted by Crippen LogP contribution is -2.36. The van der Waals surface area contributed by atoms with Crippen LogP contribution >= 0.6 is 0 Å². The quantitative estimate of drug-likeness (QED) is 0.626. The first-order valence-corrected chi connectivity index (χ1v) is 5.78. The van der Waals surface area contributed by atoms with E-state index in [2.05, 4.69) is 10.3 Å². The third-order valence-corrected chi connectivity index (χ3v) is 2.75. The molecule has 0 bridgehead atoms. The van der Waals surface area contributed by atoms with Crippen molar-refractivity contribution in [3.8, 4) is 0 Å². The number of nitrogens with zero attached hydrogens (tertiary/aromatic N) is 2. The van der Waals surface area contributed by atoms with Crippen LogP contribution in [0.4, 0.5) is 11.4 Å². The summed E-state index contributed by atoms with van der Waals surface area (Å²) in [5.41, 5.74) is -0.237. The molecule has 0 fully saturated rings. The largest absolute Gasteiger partial charge is 0.481 e. The normalized spacial score (nSPS) is 12.8. The van der Waals surface area contributed by atoms with Crippen molar-refractivity contribution >= 4 is 17.3 Å². The molecule has 1 rings (SSSR count). The minimum atomic E-state index is -0.955. The maximum atomic E-state index is 10.9. The molecule has 1 aromatic rings. The number of nitro groups is 1. The van der Waals surface area contributed by atoms with Gasteiger partial charge in [0.25, 0.3) is 0 Å². The number of carbonyl (C=O) groups is 1. The van der Waals surface area contributed by atoms with Crippen LogP contribution in [0.3, 0.4) is 0 Å². The highest BCUT2D eigenvalue weighted by Gasteiger charge is 2.28. The number of anilines is 1. The molecule has 19 heavy (non-hydrogen) atoms. The van der Waals surface area contributed by atoms with E-state index in [-0.39, 0.29) is 23.2 Å². The molecule has 0 spiro atoms. The minimum Gasteiger partial charge on any atom is -0.481 e. The maximum Gasteiger partial charge on any atom is 0.310 e. The lowest BCUT2D eigenvalue weighted by Gasteiger charge is -2.31. The Kier molecular flexibility index (Phi) is 4.42. The number of aliphatic carboxylic acids is 1. The van der Waals surface area contributed by atoms with Gasteiger partial charge < -0.3 is 10.4 Å². The fourth-order valence-electron chi connectivity index (χ4n) is 1.59. The van der Waals surface area contributed by atoms with Crippen LogP contribution in [0.2, 0.25) is 0 Å². The first kappa shape index (κ1) is 14.9. The molecule has 1 heterocycles. The maximum absolute atomic E-state index is 10.9. The average Bonchev–Trinajstić information content (AvgIpc) is 2.26. The van der Waals surface area contributed by atoms with Crippen LogP contribution in [-0.2, 0) is 4.79 Å². The Balaban J connectivity index is 3.03. The smallest absolute Gasteiger partial charge is 0.310 e. The van der Waals surface area contributed by atoms with Gasteiger partial charge in [-0.15, -0.1) is 0 Å². The molecule has 0 saturated carbocycles. The van der Waals surface area contributed by atoms with Gasteiger partial charge in [0.05, 0.1) is 11.3 Å². The van der Waals surface area contributed by atoms with Gasteiger partial charge in [-0.3, -0.25) is 19.9 Å². The Morgan fingerprint density at radius 1 is 1.58 bits per heavy atom. The summed E-state index contributed by atoms with van der Waals surface area (Å²) >= 11 is 0. The summed E-state index contributed by atoms with van der Waals surface area (Å²) in [6, 6.07) is 1.05. The van der Waals surface area contributed by atoms with Crippen LogP contribution in [0.25, 0.3) is 0 Å². The van der Waals surface area contributed by atoms with Gasteiger partial charge in [-0.05, 0) is 11.5 Å². The third-order valence-electron chi connectivity index (χ3n) is 2.75. The van der Waals surface area contributed by atoms with E-state index in [0.29, 0.717) is 0 Å². The Labute approximate surface area is 110 Å². The molecule has 0 radical (unpaired) electrons. The molecule has 0 amide bonds. The molecule has 0 aliphatic carbocycles. The van der Waals surface area contributed by atoms with E-state index in [4.69, 9.17) is 5.11 Å². The molecule has 0 saturated heterocycles. The van der Waals surface area contributed by atoms with E-state index in [0.717, 1.165) is 6.20 Å². The van der Waals surface area contributed by atoms with Gasteiger partial charge in [-0.1, -0.05) is 20.8 Å². The second-order valence-corrected chi connectivity index (χ2v) is 5.31. The highest BCUT2D eigenvalue weighted by Crippen LogP contribution is 2.29. The molecule has 1 aromatic heterocycles. The van der Waals surface area contributed by atoms with Crippen molar-refractivity contribution < 1.29 is 14.8 Å². The number of pyridine rings is 1. The van der Waals surface area contributed by atoms with Crippen LogP contribution in [0, 0.1) is 15.5 Å². The number of carboxylic acid groups (broad SMARTS) is 1. The van der Waals surface area contributed by atoms with Gasteiger partial charge in [-0.25, -0.2) is 0 Å². The van der Waals surface area contributed by atoms with Crippen molar-refractivity contribution in [1.82, 2.24) is 4.98 Å². The predicted octanol–water partition coefficient (Wildman–Crippen LogP) is 2.29. The van der Waals surface area contributed by atoms with Crippen molar-refractivity contribution in [2.45, 2.75) is 33.2 Å². The number of hydrogen-bond donors (Lipinski definition) is 2. The molecule has 1 atom stereocenters. The van der Waals surface area contributed by atoms with E-state index in [1.165, 1.54) is 12.3 Å². The summed E-state index contributed by atoms with van der Waals surface area (Å²) < 4.78 is 0. The van der Waals surface area contributed by atoms with Gasteiger partial charge in [0.2, 0.25) is 0 Å². The molecular formula is C12H17N3O4.